The fourth-order valence-corrected chi connectivity index (χ4v) is 3.03. The van der Waals surface area contributed by atoms with Gasteiger partial charge in [-0.05, 0) is 37.5 Å². The molecule has 0 bridgehead atoms. The van der Waals surface area contributed by atoms with E-state index in [9.17, 15) is 0 Å². The average molecular weight is 263 g/mol. The van der Waals surface area contributed by atoms with E-state index in [4.69, 9.17) is 0 Å². The number of aromatic nitrogens is 3. The maximum absolute atomic E-state index is 4.41. The molecular formula is C17H17N3. The van der Waals surface area contributed by atoms with Gasteiger partial charge in [0.1, 0.15) is 0 Å². The first-order chi connectivity index (χ1) is 9.81. The van der Waals surface area contributed by atoms with E-state index in [2.05, 4.69) is 58.0 Å². The van der Waals surface area contributed by atoms with Gasteiger partial charge in [-0.3, -0.25) is 0 Å². The van der Waals surface area contributed by atoms with Crippen molar-refractivity contribution in [2.24, 2.45) is 0 Å². The monoisotopic (exact) mass is 263 g/mol. The number of allylic oxidation sites excluding steroid dienone is 1. The number of imidazole rings is 1. The fraction of sp³-hybridized carbons (Fsp3) is 0.235. The molecule has 0 fully saturated rings. The largest absolute Gasteiger partial charge is 0.348 e. The van der Waals surface area contributed by atoms with Crippen LogP contribution < -0.4 is 0 Å². The molecule has 0 atom stereocenters. The lowest BCUT2D eigenvalue weighted by molar-refractivity contribution is 0.814. The highest BCUT2D eigenvalue weighted by atomic mass is 15.0. The Labute approximate surface area is 118 Å². The molecule has 0 saturated heterocycles. The number of para-hydroxylation sites is 1. The summed E-state index contributed by atoms with van der Waals surface area (Å²) in [7, 11) is 0. The maximum atomic E-state index is 4.41. The van der Waals surface area contributed by atoms with Crippen molar-refractivity contribution in [3.63, 3.8) is 0 Å². The number of aromatic amines is 1. The van der Waals surface area contributed by atoms with Crippen LogP contribution in [0.5, 0.6) is 0 Å². The van der Waals surface area contributed by atoms with Crippen molar-refractivity contribution in [3.05, 3.63) is 59.3 Å². The Morgan fingerprint density at radius 3 is 3.00 bits per heavy atom. The Morgan fingerprint density at radius 2 is 2.15 bits per heavy atom. The summed E-state index contributed by atoms with van der Waals surface area (Å²) in [6, 6.07) is 10.9. The van der Waals surface area contributed by atoms with Crippen molar-refractivity contribution >= 4 is 17.1 Å². The Balaban J connectivity index is 1.75. The normalized spacial score (nSPS) is 14.3. The van der Waals surface area contributed by atoms with Crippen LogP contribution in [0.1, 0.15) is 23.5 Å². The van der Waals surface area contributed by atoms with Crippen LogP contribution in [0, 0.1) is 6.92 Å². The van der Waals surface area contributed by atoms with Crippen LogP contribution >= 0.6 is 0 Å². The predicted octanol–water partition coefficient (Wildman–Crippen LogP) is 3.70. The number of rotatable bonds is 2. The third-order valence-corrected chi connectivity index (χ3v) is 4.17. The molecule has 3 heterocycles. The van der Waals surface area contributed by atoms with E-state index < -0.39 is 0 Å². The molecule has 0 unspecified atom stereocenters. The lowest BCUT2D eigenvalue weighted by Gasteiger charge is -2.16. The minimum atomic E-state index is 0.946. The molecule has 100 valence electrons. The molecule has 0 spiro atoms. The average Bonchev–Trinajstić information content (AvgIpc) is 3.03. The SMILES string of the molecule is Cc1[nH]cnc1CC1=Cn2c(cc3ccccc32)CC1. The molecule has 1 N–H and O–H groups in total. The Kier molecular flexibility index (Phi) is 2.52. The number of nitrogens with zero attached hydrogens (tertiary/aromatic N) is 2. The summed E-state index contributed by atoms with van der Waals surface area (Å²) in [5.74, 6) is 0. The van der Waals surface area contributed by atoms with Gasteiger partial charge in [0.05, 0.1) is 17.5 Å². The van der Waals surface area contributed by atoms with E-state index in [0.717, 1.165) is 25.0 Å². The smallest absolute Gasteiger partial charge is 0.0925 e. The highest BCUT2D eigenvalue weighted by molar-refractivity contribution is 5.83. The van der Waals surface area contributed by atoms with Crippen LogP contribution in [0.15, 0.2) is 42.2 Å². The van der Waals surface area contributed by atoms with Crippen molar-refractivity contribution in [2.75, 3.05) is 0 Å². The third-order valence-electron chi connectivity index (χ3n) is 4.17. The van der Waals surface area contributed by atoms with Crippen molar-refractivity contribution in [1.82, 2.24) is 14.5 Å². The third kappa shape index (κ3) is 1.78. The van der Waals surface area contributed by atoms with E-state index in [1.165, 1.54) is 27.9 Å². The zero-order valence-electron chi connectivity index (χ0n) is 11.6. The molecule has 1 aliphatic heterocycles. The van der Waals surface area contributed by atoms with Crippen LogP contribution in [0.2, 0.25) is 0 Å². The maximum Gasteiger partial charge on any atom is 0.0925 e. The van der Waals surface area contributed by atoms with Crippen molar-refractivity contribution in [3.8, 4) is 0 Å². The van der Waals surface area contributed by atoms with Crippen LogP contribution in [-0.2, 0) is 12.8 Å². The van der Waals surface area contributed by atoms with E-state index in [1.54, 1.807) is 6.33 Å². The lowest BCUT2D eigenvalue weighted by atomic mass is 10.0. The van der Waals surface area contributed by atoms with Gasteiger partial charge in [-0.2, -0.15) is 0 Å². The molecule has 1 aromatic carbocycles. The van der Waals surface area contributed by atoms with Crippen molar-refractivity contribution in [1.29, 1.82) is 0 Å². The number of aryl methyl sites for hydroxylation is 2. The first-order valence-electron chi connectivity index (χ1n) is 7.08. The van der Waals surface area contributed by atoms with Gasteiger partial charge in [0.15, 0.2) is 0 Å². The van der Waals surface area contributed by atoms with Gasteiger partial charge < -0.3 is 9.55 Å². The lowest BCUT2D eigenvalue weighted by Crippen LogP contribution is -2.06. The van der Waals surface area contributed by atoms with Crippen LogP contribution in [0.4, 0.5) is 0 Å². The van der Waals surface area contributed by atoms with Gasteiger partial charge in [-0.1, -0.05) is 18.2 Å². The molecule has 3 heteroatoms. The molecule has 0 amide bonds. The van der Waals surface area contributed by atoms with E-state index in [1.807, 2.05) is 0 Å². The molecule has 0 radical (unpaired) electrons. The molecule has 1 aliphatic rings. The molecule has 4 rings (SSSR count). The van der Waals surface area contributed by atoms with Gasteiger partial charge >= 0.3 is 0 Å². The summed E-state index contributed by atoms with van der Waals surface area (Å²) < 4.78 is 2.34. The summed E-state index contributed by atoms with van der Waals surface area (Å²) in [4.78, 5) is 7.57. The van der Waals surface area contributed by atoms with Gasteiger partial charge in [0, 0.05) is 29.4 Å². The fourth-order valence-electron chi connectivity index (χ4n) is 3.03. The molecule has 2 aromatic heterocycles. The van der Waals surface area contributed by atoms with Gasteiger partial charge in [-0.25, -0.2) is 4.98 Å². The highest BCUT2D eigenvalue weighted by Gasteiger charge is 2.15. The van der Waals surface area contributed by atoms with Gasteiger partial charge in [-0.15, -0.1) is 0 Å². The summed E-state index contributed by atoms with van der Waals surface area (Å²) in [5, 5.41) is 1.33. The molecule has 3 aromatic rings. The minimum Gasteiger partial charge on any atom is -0.348 e. The molecule has 0 aliphatic carbocycles. The topological polar surface area (TPSA) is 33.6 Å². The second-order valence-corrected chi connectivity index (χ2v) is 5.50. The van der Waals surface area contributed by atoms with Gasteiger partial charge in [0.25, 0.3) is 0 Å². The number of hydrogen-bond donors (Lipinski definition) is 1. The molecule has 3 nitrogen and oxygen atoms in total. The minimum absolute atomic E-state index is 0.946. The molecule has 20 heavy (non-hydrogen) atoms. The highest BCUT2D eigenvalue weighted by Crippen LogP contribution is 2.28. The van der Waals surface area contributed by atoms with E-state index >= 15 is 0 Å². The number of benzene rings is 1. The second-order valence-electron chi connectivity index (χ2n) is 5.50. The summed E-state index contributed by atoms with van der Waals surface area (Å²) >= 11 is 0. The van der Waals surface area contributed by atoms with Crippen LogP contribution in [-0.4, -0.2) is 14.5 Å². The number of nitrogens with one attached hydrogen (secondary N) is 1. The quantitative estimate of drug-likeness (QED) is 0.751. The summed E-state index contributed by atoms with van der Waals surface area (Å²) in [6.07, 6.45) is 7.27. The zero-order valence-corrected chi connectivity index (χ0v) is 11.6. The van der Waals surface area contributed by atoms with E-state index in [0.29, 0.717) is 0 Å². The number of hydrogen-bond acceptors (Lipinski definition) is 1. The molecule has 0 saturated carbocycles. The second kappa shape index (κ2) is 4.37. The van der Waals surface area contributed by atoms with E-state index in [-0.39, 0.29) is 0 Å². The summed E-state index contributed by atoms with van der Waals surface area (Å²) in [5.41, 5.74) is 6.51. The van der Waals surface area contributed by atoms with Gasteiger partial charge in [0.2, 0.25) is 0 Å². The number of H-pyrrole nitrogens is 1. The predicted molar refractivity (Wildman–Crippen MR) is 81.6 cm³/mol. The summed E-state index contributed by atoms with van der Waals surface area (Å²) in [6.45, 7) is 2.09. The first-order valence-corrected chi connectivity index (χ1v) is 7.08. The molecular weight excluding hydrogens is 246 g/mol. The Bertz CT molecular complexity index is 805. The Hall–Kier alpha value is -2.29. The standard InChI is InChI=1S/C17H17N3/c1-12-16(19-11-18-12)8-13-6-7-15-9-14-4-2-3-5-17(14)20(15)10-13/h2-5,9-11H,6-8H2,1H3,(H,18,19). The van der Waals surface area contributed by atoms with Crippen LogP contribution in [0.3, 0.4) is 0 Å². The number of fused-ring (bicyclic) bond motifs is 3. The van der Waals surface area contributed by atoms with Crippen LogP contribution in [0.25, 0.3) is 17.1 Å². The zero-order chi connectivity index (χ0) is 13.5. The first kappa shape index (κ1) is 11.5. The van der Waals surface area contributed by atoms with Crippen molar-refractivity contribution in [2.45, 2.75) is 26.2 Å². The Morgan fingerprint density at radius 1 is 1.25 bits per heavy atom. The van der Waals surface area contributed by atoms with Crippen molar-refractivity contribution < 1.29 is 0 Å².